The second-order valence-corrected chi connectivity index (χ2v) is 7.41. The number of carbonyl (C=O) groups excluding carboxylic acids is 1. The maximum Gasteiger partial charge on any atom is 0.263 e. The van der Waals surface area contributed by atoms with Gasteiger partial charge in [-0.1, -0.05) is 6.07 Å². The van der Waals surface area contributed by atoms with Crippen molar-refractivity contribution in [1.82, 2.24) is 14.9 Å². The number of amides is 1. The standard InChI is InChI=1S/C16H18N4O2S2.ClH/c1-10(17)4-5-18-13(21)7-20-9-19-15-14(16(20)22)11(8-24-15)12-3-2-6-23-12;/h2-3,6,8-10H,4-5,7,17H2,1H3,(H,18,21);1H. The van der Waals surface area contributed by atoms with E-state index < -0.39 is 0 Å². The molecule has 0 saturated heterocycles. The highest BCUT2D eigenvalue weighted by Gasteiger charge is 2.15. The van der Waals surface area contributed by atoms with Gasteiger partial charge in [0.15, 0.2) is 0 Å². The van der Waals surface area contributed by atoms with Gasteiger partial charge in [-0.15, -0.1) is 35.1 Å². The Kier molecular flexibility index (Phi) is 6.71. The fourth-order valence-electron chi connectivity index (χ4n) is 2.34. The first-order valence-electron chi connectivity index (χ1n) is 7.59. The van der Waals surface area contributed by atoms with Gasteiger partial charge in [0.2, 0.25) is 5.91 Å². The summed E-state index contributed by atoms with van der Waals surface area (Å²) in [6.45, 7) is 2.34. The van der Waals surface area contributed by atoms with Crippen LogP contribution in [0.25, 0.3) is 20.7 Å². The number of thiophene rings is 2. The zero-order chi connectivity index (χ0) is 17.1. The van der Waals surface area contributed by atoms with Gasteiger partial charge in [0, 0.05) is 28.4 Å². The van der Waals surface area contributed by atoms with Gasteiger partial charge in [0.05, 0.1) is 11.7 Å². The zero-order valence-electron chi connectivity index (χ0n) is 13.6. The number of nitrogens with one attached hydrogen (secondary N) is 1. The van der Waals surface area contributed by atoms with E-state index in [2.05, 4.69) is 10.3 Å². The quantitative estimate of drug-likeness (QED) is 0.667. The summed E-state index contributed by atoms with van der Waals surface area (Å²) in [5.74, 6) is -0.216. The molecule has 1 unspecified atom stereocenters. The maximum atomic E-state index is 12.8. The third-order valence-corrected chi connectivity index (χ3v) is 5.37. The molecule has 1 amide bonds. The number of hydrogen-bond acceptors (Lipinski definition) is 6. The first-order chi connectivity index (χ1) is 11.6. The Morgan fingerprint density at radius 1 is 1.44 bits per heavy atom. The molecular formula is C16H19ClN4O2S2. The SMILES string of the molecule is CC(N)CCNC(=O)Cn1cnc2scc(-c3cccs3)c2c1=O.Cl. The van der Waals surface area contributed by atoms with Crippen LogP contribution in [-0.4, -0.2) is 28.0 Å². The minimum Gasteiger partial charge on any atom is -0.354 e. The van der Waals surface area contributed by atoms with E-state index in [1.165, 1.54) is 22.2 Å². The molecule has 3 heterocycles. The molecule has 3 N–H and O–H groups in total. The fourth-order valence-corrected chi connectivity index (χ4v) is 4.06. The van der Waals surface area contributed by atoms with Crippen molar-refractivity contribution in [3.63, 3.8) is 0 Å². The van der Waals surface area contributed by atoms with Crippen molar-refractivity contribution in [2.75, 3.05) is 6.54 Å². The molecule has 25 heavy (non-hydrogen) atoms. The Bertz CT molecular complexity index is 903. The van der Waals surface area contributed by atoms with Gasteiger partial charge in [-0.2, -0.15) is 0 Å². The van der Waals surface area contributed by atoms with Gasteiger partial charge in [0.25, 0.3) is 5.56 Å². The zero-order valence-corrected chi connectivity index (χ0v) is 16.0. The van der Waals surface area contributed by atoms with E-state index in [1.54, 1.807) is 11.3 Å². The van der Waals surface area contributed by atoms with Gasteiger partial charge < -0.3 is 11.1 Å². The first kappa shape index (κ1) is 19.6. The maximum absolute atomic E-state index is 12.8. The normalized spacial score (nSPS) is 11.9. The summed E-state index contributed by atoms with van der Waals surface area (Å²) in [4.78, 5) is 30.8. The number of halogens is 1. The number of aromatic nitrogens is 2. The van der Waals surface area contributed by atoms with Crippen LogP contribution in [0.1, 0.15) is 13.3 Å². The van der Waals surface area contributed by atoms with E-state index in [9.17, 15) is 9.59 Å². The van der Waals surface area contributed by atoms with Gasteiger partial charge in [-0.25, -0.2) is 4.98 Å². The molecule has 0 aliphatic carbocycles. The highest BCUT2D eigenvalue weighted by Crippen LogP contribution is 2.33. The molecule has 0 aliphatic heterocycles. The van der Waals surface area contributed by atoms with Crippen LogP contribution in [0, 0.1) is 0 Å². The van der Waals surface area contributed by atoms with Crippen molar-refractivity contribution in [3.8, 4) is 10.4 Å². The van der Waals surface area contributed by atoms with Gasteiger partial charge in [-0.3, -0.25) is 14.2 Å². The number of nitrogens with two attached hydrogens (primary N) is 1. The number of nitrogens with zero attached hydrogens (tertiary/aromatic N) is 2. The van der Waals surface area contributed by atoms with E-state index in [0.29, 0.717) is 23.2 Å². The minimum atomic E-state index is -0.216. The van der Waals surface area contributed by atoms with Crippen LogP contribution in [0.4, 0.5) is 0 Å². The molecule has 0 fully saturated rings. The largest absolute Gasteiger partial charge is 0.354 e. The number of hydrogen-bond donors (Lipinski definition) is 2. The lowest BCUT2D eigenvalue weighted by atomic mass is 10.2. The van der Waals surface area contributed by atoms with Crippen LogP contribution in [0.15, 0.2) is 34.0 Å². The molecule has 0 aromatic carbocycles. The van der Waals surface area contributed by atoms with E-state index >= 15 is 0 Å². The van der Waals surface area contributed by atoms with Gasteiger partial charge in [-0.05, 0) is 24.8 Å². The summed E-state index contributed by atoms with van der Waals surface area (Å²) in [5, 5.41) is 7.26. The minimum absolute atomic E-state index is 0. The average molecular weight is 399 g/mol. The van der Waals surface area contributed by atoms with Crippen molar-refractivity contribution in [1.29, 1.82) is 0 Å². The highest BCUT2D eigenvalue weighted by atomic mass is 35.5. The molecule has 3 rings (SSSR count). The van der Waals surface area contributed by atoms with Crippen LogP contribution in [-0.2, 0) is 11.3 Å². The highest BCUT2D eigenvalue weighted by molar-refractivity contribution is 7.18. The molecule has 3 aromatic heterocycles. The lowest BCUT2D eigenvalue weighted by Gasteiger charge is -2.08. The van der Waals surface area contributed by atoms with E-state index in [1.807, 2.05) is 29.8 Å². The van der Waals surface area contributed by atoms with Crippen molar-refractivity contribution >= 4 is 51.2 Å². The second kappa shape index (κ2) is 8.57. The third kappa shape index (κ3) is 4.46. The predicted octanol–water partition coefficient (Wildman–Crippen LogP) is 2.46. The molecule has 6 nitrogen and oxygen atoms in total. The molecule has 0 saturated carbocycles. The molecule has 1 atom stereocenters. The van der Waals surface area contributed by atoms with Crippen molar-refractivity contribution in [2.45, 2.75) is 25.9 Å². The summed E-state index contributed by atoms with van der Waals surface area (Å²) >= 11 is 3.02. The van der Waals surface area contributed by atoms with Crippen molar-refractivity contribution in [2.24, 2.45) is 5.73 Å². The molecule has 0 aliphatic rings. The summed E-state index contributed by atoms with van der Waals surface area (Å²) in [7, 11) is 0. The molecule has 3 aromatic rings. The topological polar surface area (TPSA) is 90.0 Å². The van der Waals surface area contributed by atoms with Gasteiger partial charge >= 0.3 is 0 Å². The van der Waals surface area contributed by atoms with Crippen LogP contribution in [0.2, 0.25) is 0 Å². The molecule has 0 spiro atoms. The van der Waals surface area contributed by atoms with E-state index in [4.69, 9.17) is 5.73 Å². The number of carbonyl (C=O) groups is 1. The van der Waals surface area contributed by atoms with Gasteiger partial charge in [0.1, 0.15) is 11.4 Å². The van der Waals surface area contributed by atoms with Crippen molar-refractivity contribution < 1.29 is 4.79 Å². The smallest absolute Gasteiger partial charge is 0.263 e. The number of rotatable bonds is 6. The van der Waals surface area contributed by atoms with E-state index in [-0.39, 0.29) is 36.5 Å². The summed E-state index contributed by atoms with van der Waals surface area (Å²) in [6, 6.07) is 3.96. The molecule has 9 heteroatoms. The fraction of sp³-hybridized carbons (Fsp3) is 0.312. The van der Waals surface area contributed by atoms with Crippen LogP contribution in [0.5, 0.6) is 0 Å². The van der Waals surface area contributed by atoms with Crippen LogP contribution >= 0.6 is 35.1 Å². The first-order valence-corrected chi connectivity index (χ1v) is 9.35. The lowest BCUT2D eigenvalue weighted by molar-refractivity contribution is -0.121. The second-order valence-electron chi connectivity index (χ2n) is 5.60. The Morgan fingerprint density at radius 2 is 2.24 bits per heavy atom. The Balaban J connectivity index is 0.00000225. The Hall–Kier alpha value is -1.74. The van der Waals surface area contributed by atoms with Crippen molar-refractivity contribution in [3.05, 3.63) is 39.6 Å². The van der Waals surface area contributed by atoms with Crippen LogP contribution < -0.4 is 16.6 Å². The predicted molar refractivity (Wildman–Crippen MR) is 106 cm³/mol. The summed E-state index contributed by atoms with van der Waals surface area (Å²) < 4.78 is 1.35. The molecule has 0 bridgehead atoms. The molecular weight excluding hydrogens is 380 g/mol. The Morgan fingerprint density at radius 3 is 2.92 bits per heavy atom. The average Bonchev–Trinajstić information content (AvgIpc) is 3.18. The third-order valence-electron chi connectivity index (χ3n) is 3.58. The monoisotopic (exact) mass is 398 g/mol. The van der Waals surface area contributed by atoms with E-state index in [0.717, 1.165) is 10.4 Å². The number of fused-ring (bicyclic) bond motifs is 1. The molecule has 134 valence electrons. The molecule has 0 radical (unpaired) electrons. The summed E-state index contributed by atoms with van der Waals surface area (Å²) in [6.07, 6.45) is 2.13. The summed E-state index contributed by atoms with van der Waals surface area (Å²) in [5.41, 5.74) is 6.35. The Labute approximate surface area is 159 Å². The van der Waals surface area contributed by atoms with Crippen LogP contribution in [0.3, 0.4) is 0 Å². The lowest BCUT2D eigenvalue weighted by Crippen LogP contribution is -2.34.